The van der Waals surface area contributed by atoms with E-state index >= 15 is 0 Å². The Morgan fingerprint density at radius 3 is 2.36 bits per heavy atom. The molecular weight excluding hydrogens is 369 g/mol. The van der Waals surface area contributed by atoms with Crippen LogP contribution in [-0.4, -0.2) is 10.9 Å². The van der Waals surface area contributed by atoms with Crippen LogP contribution in [0.25, 0.3) is 11.1 Å². The van der Waals surface area contributed by atoms with Crippen LogP contribution < -0.4 is 10.9 Å². The van der Waals surface area contributed by atoms with Gasteiger partial charge < -0.3 is 10.3 Å². The Morgan fingerprint density at radius 2 is 1.71 bits per heavy atom. The third-order valence-corrected chi connectivity index (χ3v) is 4.34. The molecule has 7 heteroatoms. The second kappa shape index (κ2) is 7.72. The molecule has 0 bridgehead atoms. The summed E-state index contributed by atoms with van der Waals surface area (Å²) in [6.07, 6.45) is -2.92. The summed E-state index contributed by atoms with van der Waals surface area (Å²) in [6.45, 7) is 1.74. The number of H-pyrrole nitrogens is 1. The predicted octanol–water partition coefficient (Wildman–Crippen LogP) is 4.55. The summed E-state index contributed by atoms with van der Waals surface area (Å²) < 4.78 is 38.3. The first-order valence-corrected chi connectivity index (χ1v) is 8.52. The number of hydrogen-bond acceptors (Lipinski definition) is 2. The van der Waals surface area contributed by atoms with Crippen LogP contribution in [-0.2, 0) is 6.18 Å². The molecule has 0 radical (unpaired) electrons. The van der Waals surface area contributed by atoms with E-state index in [0.717, 1.165) is 12.1 Å². The van der Waals surface area contributed by atoms with E-state index in [2.05, 4.69) is 10.3 Å². The zero-order valence-corrected chi connectivity index (χ0v) is 14.9. The number of halogens is 3. The van der Waals surface area contributed by atoms with E-state index in [9.17, 15) is 22.8 Å². The number of carbonyl (C=O) groups is 1. The lowest BCUT2D eigenvalue weighted by molar-refractivity contribution is -0.137. The molecule has 0 aliphatic rings. The Morgan fingerprint density at radius 1 is 1.04 bits per heavy atom. The second-order valence-corrected chi connectivity index (χ2v) is 6.30. The maximum atomic E-state index is 12.8. The lowest BCUT2D eigenvalue weighted by atomic mass is 9.97. The number of rotatable bonds is 4. The number of pyridine rings is 1. The van der Waals surface area contributed by atoms with Crippen LogP contribution >= 0.6 is 0 Å². The highest BCUT2D eigenvalue weighted by atomic mass is 19.4. The largest absolute Gasteiger partial charge is 0.416 e. The average Bonchev–Trinajstić information content (AvgIpc) is 2.67. The minimum absolute atomic E-state index is 0.274. The number of aromatic nitrogens is 1. The molecule has 0 aliphatic carbocycles. The van der Waals surface area contributed by atoms with E-state index in [-0.39, 0.29) is 11.5 Å². The maximum Gasteiger partial charge on any atom is 0.416 e. The van der Waals surface area contributed by atoms with Crippen molar-refractivity contribution in [1.82, 2.24) is 10.3 Å². The van der Waals surface area contributed by atoms with Gasteiger partial charge in [0.05, 0.1) is 11.6 Å². The van der Waals surface area contributed by atoms with E-state index in [4.69, 9.17) is 0 Å². The summed E-state index contributed by atoms with van der Waals surface area (Å²) in [5.41, 5.74) is 0.974. The number of carbonyl (C=O) groups excluding carboxylic acids is 1. The first-order chi connectivity index (χ1) is 13.3. The van der Waals surface area contributed by atoms with Gasteiger partial charge in [-0.2, -0.15) is 13.2 Å². The van der Waals surface area contributed by atoms with Gasteiger partial charge in [-0.1, -0.05) is 30.3 Å². The van der Waals surface area contributed by atoms with Crippen molar-refractivity contribution in [3.05, 3.63) is 93.9 Å². The van der Waals surface area contributed by atoms with Crippen LogP contribution in [0, 0.1) is 0 Å². The van der Waals surface area contributed by atoms with Crippen molar-refractivity contribution >= 4 is 5.91 Å². The van der Waals surface area contributed by atoms with Crippen molar-refractivity contribution in [3.8, 4) is 11.1 Å². The summed E-state index contributed by atoms with van der Waals surface area (Å²) in [6, 6.07) is 14.0. The van der Waals surface area contributed by atoms with Gasteiger partial charge in [-0.25, -0.2) is 0 Å². The molecule has 3 rings (SSSR count). The fourth-order valence-corrected chi connectivity index (χ4v) is 2.86. The zero-order chi connectivity index (χ0) is 20.3. The summed E-state index contributed by atoms with van der Waals surface area (Å²) in [7, 11) is 0. The summed E-state index contributed by atoms with van der Waals surface area (Å²) >= 11 is 0. The van der Waals surface area contributed by atoms with Gasteiger partial charge in [0.2, 0.25) is 5.56 Å². The molecule has 0 saturated heterocycles. The van der Waals surface area contributed by atoms with Gasteiger partial charge in [-0.15, -0.1) is 0 Å². The number of alkyl halides is 3. The topological polar surface area (TPSA) is 62.0 Å². The molecule has 1 amide bonds. The fourth-order valence-electron chi connectivity index (χ4n) is 2.86. The number of benzene rings is 2. The van der Waals surface area contributed by atoms with Gasteiger partial charge in [-0.05, 0) is 47.9 Å². The van der Waals surface area contributed by atoms with Crippen molar-refractivity contribution in [1.29, 1.82) is 0 Å². The minimum atomic E-state index is -4.42. The Balaban J connectivity index is 1.87. The summed E-state index contributed by atoms with van der Waals surface area (Å²) in [5.74, 6) is -0.386. The van der Waals surface area contributed by atoms with Crippen molar-refractivity contribution in [2.45, 2.75) is 19.1 Å². The number of hydrogen-bond donors (Lipinski definition) is 2. The molecule has 144 valence electrons. The highest BCUT2D eigenvalue weighted by molar-refractivity contribution is 6.01. The molecular formula is C21H17F3N2O2. The van der Waals surface area contributed by atoms with Crippen molar-refractivity contribution in [2.24, 2.45) is 0 Å². The van der Waals surface area contributed by atoms with Crippen LogP contribution in [0.1, 0.15) is 34.5 Å². The molecule has 28 heavy (non-hydrogen) atoms. The van der Waals surface area contributed by atoms with Crippen LogP contribution in [0.3, 0.4) is 0 Å². The average molecular weight is 386 g/mol. The van der Waals surface area contributed by atoms with Crippen molar-refractivity contribution < 1.29 is 18.0 Å². The molecule has 0 aliphatic heterocycles. The van der Waals surface area contributed by atoms with Gasteiger partial charge in [0, 0.05) is 17.8 Å². The van der Waals surface area contributed by atoms with Crippen LogP contribution in [0.5, 0.6) is 0 Å². The molecule has 1 unspecified atom stereocenters. The van der Waals surface area contributed by atoms with Gasteiger partial charge in [-0.3, -0.25) is 9.59 Å². The molecule has 1 heterocycles. The third kappa shape index (κ3) is 4.31. The highest BCUT2D eigenvalue weighted by Crippen LogP contribution is 2.32. The van der Waals surface area contributed by atoms with E-state index < -0.39 is 17.8 Å². The van der Waals surface area contributed by atoms with Crippen LogP contribution in [0.4, 0.5) is 13.2 Å². The molecule has 1 aromatic heterocycles. The first kappa shape index (κ1) is 19.4. The third-order valence-electron chi connectivity index (χ3n) is 4.34. The smallest absolute Gasteiger partial charge is 0.345 e. The molecule has 1 atom stereocenters. The Bertz CT molecular complexity index is 1040. The SMILES string of the molecule is CC(NC(=O)c1ccccc1-c1ccc(C(F)(F)F)cc1)c1cc[nH]c(=O)c1. The van der Waals surface area contributed by atoms with Gasteiger partial charge in [0.1, 0.15) is 0 Å². The van der Waals surface area contributed by atoms with Gasteiger partial charge in [0.25, 0.3) is 5.91 Å². The summed E-state index contributed by atoms with van der Waals surface area (Å²) in [4.78, 5) is 26.7. The Hall–Kier alpha value is -3.35. The highest BCUT2D eigenvalue weighted by Gasteiger charge is 2.30. The molecule has 3 aromatic rings. The van der Waals surface area contributed by atoms with Crippen molar-refractivity contribution in [3.63, 3.8) is 0 Å². The molecule has 2 N–H and O–H groups in total. The molecule has 0 fully saturated rings. The lowest BCUT2D eigenvalue weighted by Gasteiger charge is -2.16. The second-order valence-electron chi connectivity index (χ2n) is 6.30. The first-order valence-electron chi connectivity index (χ1n) is 8.52. The monoisotopic (exact) mass is 386 g/mol. The molecule has 4 nitrogen and oxygen atoms in total. The Kier molecular flexibility index (Phi) is 5.35. The predicted molar refractivity (Wildman–Crippen MR) is 99.8 cm³/mol. The van der Waals surface area contributed by atoms with Crippen LogP contribution in [0.15, 0.2) is 71.7 Å². The maximum absolute atomic E-state index is 12.8. The zero-order valence-electron chi connectivity index (χ0n) is 14.9. The van der Waals surface area contributed by atoms with Crippen molar-refractivity contribution in [2.75, 3.05) is 0 Å². The Labute approximate surface area is 159 Å². The van der Waals surface area contributed by atoms with E-state index in [1.54, 1.807) is 37.3 Å². The normalized spacial score (nSPS) is 12.4. The molecule has 0 saturated carbocycles. The lowest BCUT2D eigenvalue weighted by Crippen LogP contribution is -2.27. The van der Waals surface area contributed by atoms with Gasteiger partial charge >= 0.3 is 6.18 Å². The minimum Gasteiger partial charge on any atom is -0.345 e. The van der Waals surface area contributed by atoms with E-state index in [0.29, 0.717) is 22.3 Å². The summed E-state index contributed by atoms with van der Waals surface area (Å²) in [5, 5.41) is 2.81. The van der Waals surface area contributed by atoms with Gasteiger partial charge in [0.15, 0.2) is 0 Å². The van der Waals surface area contributed by atoms with E-state index in [1.165, 1.54) is 24.4 Å². The number of aromatic amines is 1. The quantitative estimate of drug-likeness (QED) is 0.691. The molecule has 2 aromatic carbocycles. The van der Waals surface area contributed by atoms with Crippen LogP contribution in [0.2, 0.25) is 0 Å². The number of amides is 1. The standard InChI is InChI=1S/C21H17F3N2O2/c1-13(15-10-11-25-19(27)12-15)26-20(28)18-5-3-2-4-17(18)14-6-8-16(9-7-14)21(22,23)24/h2-13H,1H3,(H,25,27)(H,26,28). The molecule has 0 spiro atoms. The van der Waals surface area contributed by atoms with E-state index in [1.807, 2.05) is 0 Å². The fraction of sp³-hybridized carbons (Fsp3) is 0.143. The number of nitrogens with one attached hydrogen (secondary N) is 2.